The third-order valence-electron chi connectivity index (χ3n) is 7.03. The van der Waals surface area contributed by atoms with Crippen molar-refractivity contribution in [3.8, 4) is 11.8 Å². The van der Waals surface area contributed by atoms with E-state index in [1.165, 1.54) is 6.92 Å². The Kier molecular flexibility index (Phi) is 4.79. The van der Waals surface area contributed by atoms with Crippen LogP contribution in [0.25, 0.3) is 5.57 Å². The number of nitrogens with zero attached hydrogens (tertiary/aromatic N) is 1. The van der Waals surface area contributed by atoms with Crippen LogP contribution in [-0.2, 0) is 16.6 Å². The largest absolute Gasteiger partial charge is 0.489 e. The monoisotopic (exact) mass is 427 g/mol. The lowest BCUT2D eigenvalue weighted by Crippen LogP contribution is -2.31. The fourth-order valence-corrected chi connectivity index (χ4v) is 5.22. The van der Waals surface area contributed by atoms with Gasteiger partial charge in [0.25, 0.3) is 0 Å². The first kappa shape index (κ1) is 20.7. The summed E-state index contributed by atoms with van der Waals surface area (Å²) < 4.78 is 11.7. The third kappa shape index (κ3) is 3.10. The molecule has 0 bridgehead atoms. The van der Waals surface area contributed by atoms with Gasteiger partial charge in [-0.05, 0) is 59.9 Å². The van der Waals surface area contributed by atoms with Gasteiger partial charge < -0.3 is 9.47 Å². The minimum Gasteiger partial charge on any atom is -0.489 e. The van der Waals surface area contributed by atoms with Crippen molar-refractivity contribution < 1.29 is 19.1 Å². The molecular weight excluding hydrogens is 402 g/mol. The summed E-state index contributed by atoms with van der Waals surface area (Å²) in [5, 5.41) is 9.29. The number of allylic oxidation sites excluding steroid dienone is 2. The molecule has 0 unspecified atom stereocenters. The molecule has 162 valence electrons. The molecule has 2 aromatic carbocycles. The van der Waals surface area contributed by atoms with E-state index in [2.05, 4.69) is 19.9 Å². The van der Waals surface area contributed by atoms with Crippen molar-refractivity contribution in [1.29, 1.82) is 5.26 Å². The van der Waals surface area contributed by atoms with Crippen molar-refractivity contribution in [2.24, 2.45) is 0 Å². The van der Waals surface area contributed by atoms with E-state index in [1.54, 1.807) is 12.1 Å². The predicted molar refractivity (Wildman–Crippen MR) is 120 cm³/mol. The van der Waals surface area contributed by atoms with Crippen LogP contribution in [0.5, 0.6) is 5.75 Å². The molecule has 0 atom stereocenters. The average Bonchev–Trinajstić information content (AvgIpc) is 3.18. The number of nitriles is 1. The van der Waals surface area contributed by atoms with Gasteiger partial charge in [0.05, 0.1) is 30.4 Å². The first-order valence-corrected chi connectivity index (χ1v) is 11.1. The van der Waals surface area contributed by atoms with Crippen LogP contribution in [0, 0.1) is 11.3 Å². The number of fused-ring (bicyclic) bond motifs is 3. The lowest BCUT2D eigenvalue weighted by molar-refractivity contribution is 0.0252. The van der Waals surface area contributed by atoms with E-state index in [1.807, 2.05) is 18.2 Å². The van der Waals surface area contributed by atoms with Crippen molar-refractivity contribution in [2.45, 2.75) is 51.6 Å². The number of benzene rings is 2. The van der Waals surface area contributed by atoms with Crippen molar-refractivity contribution in [2.75, 3.05) is 13.2 Å². The fourth-order valence-electron chi connectivity index (χ4n) is 5.22. The number of hydrogen-bond donors (Lipinski definition) is 0. The summed E-state index contributed by atoms with van der Waals surface area (Å²) in [7, 11) is 0. The van der Waals surface area contributed by atoms with Crippen LogP contribution in [0.15, 0.2) is 35.9 Å². The first-order chi connectivity index (χ1) is 15.3. The molecule has 0 aromatic heterocycles. The Morgan fingerprint density at radius 3 is 2.59 bits per heavy atom. The molecule has 3 aliphatic rings. The van der Waals surface area contributed by atoms with Gasteiger partial charge in [-0.25, -0.2) is 0 Å². The highest BCUT2D eigenvalue weighted by atomic mass is 16.5. The van der Waals surface area contributed by atoms with Crippen molar-refractivity contribution in [3.63, 3.8) is 0 Å². The minimum absolute atomic E-state index is 0.00258. The minimum atomic E-state index is -0.409. The molecule has 0 radical (unpaired) electrons. The van der Waals surface area contributed by atoms with E-state index in [0.717, 1.165) is 40.7 Å². The van der Waals surface area contributed by atoms with Gasteiger partial charge >= 0.3 is 0 Å². The molecule has 0 amide bonds. The Hall–Kier alpha value is -3.23. The third-order valence-corrected chi connectivity index (χ3v) is 7.03. The number of ketones is 2. The smallest absolute Gasteiger partial charge is 0.193 e. The Morgan fingerprint density at radius 2 is 1.91 bits per heavy atom. The Bertz CT molecular complexity index is 1240. The van der Waals surface area contributed by atoms with Crippen LogP contribution in [0.4, 0.5) is 0 Å². The Labute approximate surface area is 187 Å². The summed E-state index contributed by atoms with van der Waals surface area (Å²) in [6.45, 7) is 7.05. The zero-order valence-corrected chi connectivity index (χ0v) is 18.6. The van der Waals surface area contributed by atoms with Crippen molar-refractivity contribution in [3.05, 3.63) is 69.3 Å². The van der Waals surface area contributed by atoms with E-state index in [0.29, 0.717) is 42.1 Å². The lowest BCUT2D eigenvalue weighted by Gasteiger charge is -2.35. The van der Waals surface area contributed by atoms with Gasteiger partial charge in [0.1, 0.15) is 11.9 Å². The number of hydrogen-bond acceptors (Lipinski definition) is 5. The normalized spacial score (nSPS) is 19.1. The molecule has 1 aliphatic heterocycles. The quantitative estimate of drug-likeness (QED) is 0.658. The zero-order valence-electron chi connectivity index (χ0n) is 18.6. The highest BCUT2D eigenvalue weighted by molar-refractivity contribution is 6.33. The fraction of sp³-hybridized carbons (Fsp3) is 0.370. The molecule has 5 rings (SSSR count). The number of ether oxygens (including phenoxy) is 2. The number of carbonyl (C=O) groups excluding carboxylic acids is 2. The molecule has 32 heavy (non-hydrogen) atoms. The molecule has 1 heterocycles. The second-order valence-electron chi connectivity index (χ2n) is 9.35. The first-order valence-electron chi connectivity index (χ1n) is 11.1. The van der Waals surface area contributed by atoms with Crippen LogP contribution in [0.1, 0.15) is 76.6 Å². The SMILES string of the molecule is CC(=O)c1cc2c(cc1OC1CCOCC1)C(C)(C)C1=C(C2=O)c2ccc(C#N)cc2C1. The average molecular weight is 428 g/mol. The Morgan fingerprint density at radius 1 is 1.16 bits per heavy atom. The van der Waals surface area contributed by atoms with E-state index in [9.17, 15) is 14.9 Å². The van der Waals surface area contributed by atoms with Gasteiger partial charge in [0.2, 0.25) is 0 Å². The summed E-state index contributed by atoms with van der Waals surface area (Å²) in [5.41, 5.74) is 5.77. The molecule has 2 aromatic rings. The number of carbonyl (C=O) groups is 2. The topological polar surface area (TPSA) is 76.4 Å². The molecule has 1 saturated heterocycles. The summed E-state index contributed by atoms with van der Waals surface area (Å²) in [6, 6.07) is 11.3. The summed E-state index contributed by atoms with van der Waals surface area (Å²) in [5.74, 6) is 0.374. The molecule has 5 heteroatoms. The van der Waals surface area contributed by atoms with Crippen LogP contribution in [-0.4, -0.2) is 30.9 Å². The summed E-state index contributed by atoms with van der Waals surface area (Å²) in [4.78, 5) is 26.2. The van der Waals surface area contributed by atoms with Gasteiger partial charge in [-0.15, -0.1) is 0 Å². The predicted octanol–water partition coefficient (Wildman–Crippen LogP) is 4.80. The molecule has 0 N–H and O–H groups in total. The van der Waals surface area contributed by atoms with Crippen molar-refractivity contribution in [1.82, 2.24) is 0 Å². The maximum absolute atomic E-state index is 13.7. The van der Waals surface area contributed by atoms with Crippen LogP contribution < -0.4 is 4.74 Å². The van der Waals surface area contributed by atoms with E-state index >= 15 is 0 Å². The maximum atomic E-state index is 13.7. The van der Waals surface area contributed by atoms with Crippen LogP contribution in [0.2, 0.25) is 0 Å². The molecule has 5 nitrogen and oxygen atoms in total. The molecular formula is C27H25NO4. The second kappa shape index (κ2) is 7.43. The van der Waals surface area contributed by atoms with Gasteiger partial charge in [0, 0.05) is 29.4 Å². The summed E-state index contributed by atoms with van der Waals surface area (Å²) in [6.07, 6.45) is 2.20. The standard InChI is InChI=1S/C27H25NO4/c1-15(29)20-12-21-22(13-24(20)32-18-6-8-31-9-7-18)27(2,3)23-11-17-10-16(14-28)4-5-19(17)25(23)26(21)30/h4-5,10,12-13,18H,6-9,11H2,1-3H3. The zero-order chi connectivity index (χ0) is 22.6. The number of Topliss-reactive ketones (excluding diaryl/α,β-unsaturated/α-hetero) is 2. The summed E-state index contributed by atoms with van der Waals surface area (Å²) >= 11 is 0. The van der Waals surface area contributed by atoms with Crippen LogP contribution >= 0.6 is 0 Å². The molecule has 0 spiro atoms. The van der Waals surface area contributed by atoms with Gasteiger partial charge in [0.15, 0.2) is 11.6 Å². The van der Waals surface area contributed by atoms with Gasteiger partial charge in [-0.2, -0.15) is 5.26 Å². The lowest BCUT2D eigenvalue weighted by atomic mass is 9.68. The molecule has 0 saturated carbocycles. The van der Waals surface area contributed by atoms with Gasteiger partial charge in [-0.1, -0.05) is 19.9 Å². The Balaban J connectivity index is 1.63. The molecule has 2 aliphatic carbocycles. The number of rotatable bonds is 3. The van der Waals surface area contributed by atoms with E-state index < -0.39 is 5.41 Å². The highest BCUT2D eigenvalue weighted by Crippen LogP contribution is 2.51. The van der Waals surface area contributed by atoms with Crippen molar-refractivity contribution >= 4 is 17.1 Å². The highest BCUT2D eigenvalue weighted by Gasteiger charge is 2.43. The second-order valence-corrected chi connectivity index (χ2v) is 9.35. The van der Waals surface area contributed by atoms with Crippen LogP contribution in [0.3, 0.4) is 0 Å². The molecule has 1 fully saturated rings. The van der Waals surface area contributed by atoms with Gasteiger partial charge in [-0.3, -0.25) is 9.59 Å². The van der Waals surface area contributed by atoms with E-state index in [-0.39, 0.29) is 17.7 Å². The maximum Gasteiger partial charge on any atom is 0.193 e. The van der Waals surface area contributed by atoms with E-state index in [4.69, 9.17) is 9.47 Å².